The molecule has 1 aromatic carbocycles. The van der Waals surface area contributed by atoms with Gasteiger partial charge in [-0.2, -0.15) is 0 Å². The lowest BCUT2D eigenvalue weighted by atomic mass is 10.00. The quantitative estimate of drug-likeness (QED) is 0.673. The van der Waals surface area contributed by atoms with E-state index in [0.29, 0.717) is 18.2 Å². The van der Waals surface area contributed by atoms with Crippen LogP contribution in [0.15, 0.2) is 22.7 Å². The van der Waals surface area contributed by atoms with Gasteiger partial charge in [0.15, 0.2) is 0 Å². The summed E-state index contributed by atoms with van der Waals surface area (Å²) in [5.41, 5.74) is 7.37. The molecule has 4 nitrogen and oxygen atoms in total. The van der Waals surface area contributed by atoms with Gasteiger partial charge in [-0.05, 0) is 52.4 Å². The summed E-state index contributed by atoms with van der Waals surface area (Å²) in [5, 5.41) is 0. The first-order valence-electron chi connectivity index (χ1n) is 7.40. The zero-order valence-electron chi connectivity index (χ0n) is 12.0. The van der Waals surface area contributed by atoms with Gasteiger partial charge in [0, 0.05) is 10.2 Å². The summed E-state index contributed by atoms with van der Waals surface area (Å²) in [5.74, 6) is 0.355. The van der Waals surface area contributed by atoms with Crippen LogP contribution in [0, 0.1) is 17.8 Å². The van der Waals surface area contributed by atoms with Crippen molar-refractivity contribution in [3.05, 3.63) is 28.2 Å². The summed E-state index contributed by atoms with van der Waals surface area (Å²) in [6.07, 6.45) is 2.78. The van der Waals surface area contributed by atoms with Crippen molar-refractivity contribution < 1.29 is 9.59 Å². The number of carbonyl (C=O) groups excluding carboxylic acids is 2. The third kappa shape index (κ3) is 2.48. The van der Waals surface area contributed by atoms with E-state index in [9.17, 15) is 9.59 Å². The number of benzene rings is 1. The Bertz CT molecular complexity index is 578. The zero-order chi connectivity index (χ0) is 15.1. The van der Waals surface area contributed by atoms with Crippen LogP contribution in [-0.4, -0.2) is 16.7 Å². The Morgan fingerprint density at radius 2 is 1.86 bits per heavy atom. The highest BCUT2D eigenvalue weighted by Gasteiger charge is 2.51. The number of rotatable bonds is 3. The molecular weight excluding hydrogens is 332 g/mol. The van der Waals surface area contributed by atoms with E-state index in [0.717, 1.165) is 29.3 Å². The number of nitrogens with two attached hydrogens (primary N) is 1. The minimum Gasteiger partial charge on any atom is -0.398 e. The Kier molecular flexibility index (Phi) is 3.78. The second-order valence-electron chi connectivity index (χ2n) is 6.08. The van der Waals surface area contributed by atoms with Gasteiger partial charge in [0.2, 0.25) is 11.8 Å². The molecule has 0 aromatic heterocycles. The van der Waals surface area contributed by atoms with Crippen molar-refractivity contribution in [3.63, 3.8) is 0 Å². The number of hydrogen-bond acceptors (Lipinski definition) is 3. The average molecular weight is 351 g/mol. The van der Waals surface area contributed by atoms with Crippen molar-refractivity contribution in [1.82, 2.24) is 4.90 Å². The summed E-state index contributed by atoms with van der Waals surface area (Å²) in [6, 6.07) is 5.56. The topological polar surface area (TPSA) is 63.4 Å². The molecule has 1 aromatic rings. The first kappa shape index (κ1) is 14.6. The average Bonchev–Trinajstić information content (AvgIpc) is 2.98. The van der Waals surface area contributed by atoms with Crippen LogP contribution >= 0.6 is 15.9 Å². The highest BCUT2D eigenvalue weighted by atomic mass is 79.9. The number of amides is 2. The number of hydrogen-bond donors (Lipinski definition) is 1. The van der Waals surface area contributed by atoms with Gasteiger partial charge >= 0.3 is 0 Å². The van der Waals surface area contributed by atoms with E-state index in [1.807, 2.05) is 18.2 Å². The van der Waals surface area contributed by atoms with Gasteiger partial charge in [0.1, 0.15) is 0 Å². The maximum Gasteiger partial charge on any atom is 0.233 e. The van der Waals surface area contributed by atoms with E-state index in [1.54, 1.807) is 0 Å². The van der Waals surface area contributed by atoms with E-state index in [-0.39, 0.29) is 23.7 Å². The predicted octanol–water partition coefficient (Wildman–Crippen LogP) is 2.95. The normalized spacial score (nSPS) is 28.3. The van der Waals surface area contributed by atoms with Crippen LogP contribution in [0.5, 0.6) is 0 Å². The van der Waals surface area contributed by atoms with Crippen LogP contribution in [0.3, 0.4) is 0 Å². The van der Waals surface area contributed by atoms with Crippen molar-refractivity contribution in [2.24, 2.45) is 17.8 Å². The molecule has 2 atom stereocenters. The number of nitrogens with zero attached hydrogens (tertiary/aromatic N) is 1. The smallest absolute Gasteiger partial charge is 0.233 e. The second-order valence-corrected chi connectivity index (χ2v) is 6.93. The van der Waals surface area contributed by atoms with Gasteiger partial charge in [-0.15, -0.1) is 0 Å². The maximum atomic E-state index is 12.5. The van der Waals surface area contributed by atoms with E-state index < -0.39 is 0 Å². The maximum absolute atomic E-state index is 12.5. The number of imide groups is 1. The molecule has 2 N–H and O–H groups in total. The number of carbonyl (C=O) groups is 2. The molecule has 3 rings (SSSR count). The number of fused-ring (bicyclic) bond motifs is 1. The molecule has 1 saturated heterocycles. The predicted molar refractivity (Wildman–Crippen MR) is 84.1 cm³/mol. The highest BCUT2D eigenvalue weighted by Crippen LogP contribution is 2.44. The largest absolute Gasteiger partial charge is 0.398 e. The molecule has 0 radical (unpaired) electrons. The molecule has 5 heteroatoms. The molecule has 1 aliphatic heterocycles. The molecule has 1 heterocycles. The summed E-state index contributed by atoms with van der Waals surface area (Å²) in [6.45, 7) is 2.46. The van der Waals surface area contributed by atoms with Gasteiger partial charge in [-0.25, -0.2) is 0 Å². The van der Waals surface area contributed by atoms with E-state index in [2.05, 4.69) is 22.9 Å². The van der Waals surface area contributed by atoms with Gasteiger partial charge in [0.05, 0.1) is 18.4 Å². The molecule has 1 saturated carbocycles. The Morgan fingerprint density at radius 1 is 1.24 bits per heavy atom. The second kappa shape index (κ2) is 5.44. The van der Waals surface area contributed by atoms with Crippen LogP contribution in [0.4, 0.5) is 5.69 Å². The zero-order valence-corrected chi connectivity index (χ0v) is 13.6. The third-order valence-corrected chi connectivity index (χ3v) is 5.53. The minimum absolute atomic E-state index is 0.00226. The van der Waals surface area contributed by atoms with Crippen molar-refractivity contribution >= 4 is 33.4 Å². The van der Waals surface area contributed by atoms with Crippen LogP contribution in [-0.2, 0) is 16.1 Å². The number of likely N-dealkylation sites (tertiary alicyclic amines) is 1. The van der Waals surface area contributed by atoms with E-state index >= 15 is 0 Å². The molecule has 0 spiro atoms. The van der Waals surface area contributed by atoms with Gasteiger partial charge in [-0.3, -0.25) is 14.5 Å². The standard InChI is InChI=1S/C16H19BrN2O2/c1-2-9-5-11-12(6-9)16(21)19(15(11)20)8-10-3-4-13(17)14(18)7-10/h3-4,7,9,11-12H,2,5-6,8,18H2,1H3. The van der Waals surface area contributed by atoms with Gasteiger partial charge in [0.25, 0.3) is 0 Å². The fourth-order valence-corrected chi connectivity index (χ4v) is 3.81. The van der Waals surface area contributed by atoms with Crippen LogP contribution in [0.25, 0.3) is 0 Å². The Balaban J connectivity index is 1.77. The molecule has 112 valence electrons. The molecule has 21 heavy (non-hydrogen) atoms. The molecule has 2 unspecified atom stereocenters. The molecule has 2 fully saturated rings. The fraction of sp³-hybridized carbons (Fsp3) is 0.500. The molecule has 0 bridgehead atoms. The molecular formula is C16H19BrN2O2. The van der Waals surface area contributed by atoms with Crippen LogP contribution in [0.2, 0.25) is 0 Å². The summed E-state index contributed by atoms with van der Waals surface area (Å²) >= 11 is 3.35. The van der Waals surface area contributed by atoms with E-state index in [4.69, 9.17) is 5.73 Å². The lowest BCUT2D eigenvalue weighted by Gasteiger charge is -2.18. The van der Waals surface area contributed by atoms with Crippen molar-refractivity contribution in [2.75, 3.05) is 5.73 Å². The molecule has 2 aliphatic rings. The Hall–Kier alpha value is -1.36. The first-order valence-corrected chi connectivity index (χ1v) is 8.19. The summed E-state index contributed by atoms with van der Waals surface area (Å²) in [4.78, 5) is 26.4. The van der Waals surface area contributed by atoms with Gasteiger partial charge in [-0.1, -0.05) is 19.4 Å². The lowest BCUT2D eigenvalue weighted by Crippen LogP contribution is -2.31. The Morgan fingerprint density at radius 3 is 2.38 bits per heavy atom. The van der Waals surface area contributed by atoms with Crippen molar-refractivity contribution in [2.45, 2.75) is 32.7 Å². The first-order chi connectivity index (χ1) is 10.0. The number of anilines is 1. The summed E-state index contributed by atoms with van der Waals surface area (Å²) < 4.78 is 0.827. The van der Waals surface area contributed by atoms with Gasteiger partial charge < -0.3 is 5.73 Å². The van der Waals surface area contributed by atoms with E-state index in [1.165, 1.54) is 4.90 Å². The molecule has 2 amide bonds. The third-order valence-electron chi connectivity index (χ3n) is 4.81. The van der Waals surface area contributed by atoms with Crippen molar-refractivity contribution in [3.8, 4) is 0 Å². The minimum atomic E-state index is -0.0877. The SMILES string of the molecule is CCC1CC2C(=O)N(Cc3ccc(Br)c(N)c3)C(=O)C2C1. The number of nitrogen functional groups attached to an aromatic ring is 1. The van der Waals surface area contributed by atoms with Crippen LogP contribution in [0.1, 0.15) is 31.7 Å². The highest BCUT2D eigenvalue weighted by molar-refractivity contribution is 9.10. The number of halogens is 1. The van der Waals surface area contributed by atoms with Crippen molar-refractivity contribution in [1.29, 1.82) is 0 Å². The molecule has 1 aliphatic carbocycles. The lowest BCUT2D eigenvalue weighted by molar-refractivity contribution is -0.141. The summed E-state index contributed by atoms with van der Waals surface area (Å²) in [7, 11) is 0. The Labute approximate surface area is 132 Å². The fourth-order valence-electron chi connectivity index (χ4n) is 3.56. The van der Waals surface area contributed by atoms with Crippen LogP contribution < -0.4 is 5.73 Å². The monoisotopic (exact) mass is 350 g/mol.